The second-order valence-electron chi connectivity index (χ2n) is 5.34. The summed E-state index contributed by atoms with van der Waals surface area (Å²) in [5.41, 5.74) is 1.21. The van der Waals surface area contributed by atoms with Crippen LogP contribution in [0.25, 0.3) is 5.69 Å². The molecular weight excluding hydrogens is 254 g/mol. The van der Waals surface area contributed by atoms with Crippen molar-refractivity contribution in [2.45, 2.75) is 6.04 Å². The summed E-state index contributed by atoms with van der Waals surface area (Å²) in [5.74, 6) is 1.07. The van der Waals surface area contributed by atoms with Gasteiger partial charge in [-0.25, -0.2) is 0 Å². The third-order valence-electron chi connectivity index (χ3n) is 4.10. The first kappa shape index (κ1) is 11.6. The molecule has 1 aliphatic heterocycles. The summed E-state index contributed by atoms with van der Waals surface area (Å²) in [7, 11) is 0. The Balaban J connectivity index is 1.46. The van der Waals surface area contributed by atoms with E-state index in [-0.39, 0.29) is 5.91 Å². The zero-order valence-corrected chi connectivity index (χ0v) is 10.9. The highest BCUT2D eigenvalue weighted by Crippen LogP contribution is 2.41. The fourth-order valence-electron chi connectivity index (χ4n) is 2.91. The van der Waals surface area contributed by atoms with Gasteiger partial charge in [-0.05, 0) is 24.0 Å². The molecule has 2 atom stereocenters. The molecule has 2 unspecified atom stereocenters. The van der Waals surface area contributed by atoms with Gasteiger partial charge in [0.2, 0.25) is 0 Å². The van der Waals surface area contributed by atoms with Crippen LogP contribution in [0, 0.1) is 11.8 Å². The maximum Gasteiger partial charge on any atom is 0.273 e. The van der Waals surface area contributed by atoms with E-state index >= 15 is 0 Å². The summed E-state index contributed by atoms with van der Waals surface area (Å²) in [6.07, 6.45) is 1.51. The number of carbonyl (C=O) groups excluding carboxylic acids is 1. The van der Waals surface area contributed by atoms with E-state index in [2.05, 4.69) is 20.8 Å². The maximum atomic E-state index is 12.1. The van der Waals surface area contributed by atoms with Crippen LogP contribution in [0.1, 0.15) is 10.5 Å². The van der Waals surface area contributed by atoms with Crippen LogP contribution < -0.4 is 10.6 Å². The van der Waals surface area contributed by atoms with Crippen LogP contribution in [0.5, 0.6) is 0 Å². The Kier molecular flexibility index (Phi) is 2.56. The molecule has 1 saturated carbocycles. The van der Waals surface area contributed by atoms with Crippen molar-refractivity contribution in [2.75, 3.05) is 13.1 Å². The van der Waals surface area contributed by atoms with E-state index in [4.69, 9.17) is 0 Å². The first-order valence-corrected chi connectivity index (χ1v) is 6.82. The molecule has 1 aromatic carbocycles. The van der Waals surface area contributed by atoms with E-state index in [0.717, 1.165) is 18.8 Å². The molecule has 0 radical (unpaired) electrons. The van der Waals surface area contributed by atoms with E-state index in [1.165, 1.54) is 11.0 Å². The summed E-state index contributed by atoms with van der Waals surface area (Å²) in [6.45, 7) is 2.01. The molecule has 1 aromatic heterocycles. The van der Waals surface area contributed by atoms with Gasteiger partial charge >= 0.3 is 0 Å². The number of fused-ring (bicyclic) bond motifs is 1. The van der Waals surface area contributed by atoms with Crippen LogP contribution >= 0.6 is 0 Å². The van der Waals surface area contributed by atoms with Gasteiger partial charge in [0.25, 0.3) is 5.91 Å². The maximum absolute atomic E-state index is 12.1. The highest BCUT2D eigenvalue weighted by molar-refractivity contribution is 5.92. The monoisotopic (exact) mass is 269 g/mol. The number of amides is 1. The number of nitrogens with one attached hydrogen (secondary N) is 2. The van der Waals surface area contributed by atoms with Crippen molar-refractivity contribution < 1.29 is 4.79 Å². The summed E-state index contributed by atoms with van der Waals surface area (Å²) in [6, 6.07) is 9.87. The Hall–Kier alpha value is -2.21. The third kappa shape index (κ3) is 1.89. The number of benzene rings is 1. The topological polar surface area (TPSA) is 71.8 Å². The molecule has 1 aliphatic carbocycles. The van der Waals surface area contributed by atoms with E-state index < -0.39 is 0 Å². The molecule has 1 saturated heterocycles. The number of hydrogen-bond acceptors (Lipinski definition) is 4. The van der Waals surface area contributed by atoms with Crippen molar-refractivity contribution in [3.63, 3.8) is 0 Å². The van der Waals surface area contributed by atoms with Crippen molar-refractivity contribution in [3.8, 4) is 5.69 Å². The second kappa shape index (κ2) is 4.42. The van der Waals surface area contributed by atoms with E-state index in [9.17, 15) is 4.79 Å². The number of rotatable bonds is 3. The van der Waals surface area contributed by atoms with Gasteiger partial charge in [0.15, 0.2) is 5.69 Å². The molecule has 6 heteroatoms. The zero-order valence-electron chi connectivity index (χ0n) is 10.9. The molecule has 1 amide bonds. The first-order valence-electron chi connectivity index (χ1n) is 6.82. The molecule has 2 fully saturated rings. The van der Waals surface area contributed by atoms with Gasteiger partial charge in [0.1, 0.15) is 0 Å². The minimum absolute atomic E-state index is 0.133. The quantitative estimate of drug-likeness (QED) is 0.836. The zero-order chi connectivity index (χ0) is 13.5. The molecule has 2 heterocycles. The van der Waals surface area contributed by atoms with E-state index in [1.807, 2.05) is 30.3 Å². The van der Waals surface area contributed by atoms with Crippen LogP contribution in [0.4, 0.5) is 0 Å². The van der Waals surface area contributed by atoms with Crippen molar-refractivity contribution in [3.05, 3.63) is 42.2 Å². The van der Waals surface area contributed by atoms with Gasteiger partial charge in [-0.15, -0.1) is 5.10 Å². The lowest BCUT2D eigenvalue weighted by Crippen LogP contribution is -2.32. The van der Waals surface area contributed by atoms with Crippen molar-refractivity contribution in [2.24, 2.45) is 11.8 Å². The SMILES string of the molecule is O=C(NC1C2CNCC21)c1cnn(-c2ccccc2)n1. The Labute approximate surface area is 116 Å². The summed E-state index contributed by atoms with van der Waals surface area (Å²) in [4.78, 5) is 13.6. The molecule has 0 spiro atoms. The average Bonchev–Trinajstić information content (AvgIpc) is 2.96. The van der Waals surface area contributed by atoms with E-state index in [1.54, 1.807) is 0 Å². The normalized spacial score (nSPS) is 27.1. The van der Waals surface area contributed by atoms with Crippen LogP contribution in [0.3, 0.4) is 0 Å². The Morgan fingerprint density at radius 3 is 2.75 bits per heavy atom. The fraction of sp³-hybridized carbons (Fsp3) is 0.357. The first-order chi connectivity index (χ1) is 9.83. The molecule has 2 aliphatic rings. The predicted molar refractivity (Wildman–Crippen MR) is 72.5 cm³/mol. The highest BCUT2D eigenvalue weighted by atomic mass is 16.2. The van der Waals surface area contributed by atoms with Gasteiger partial charge in [0.05, 0.1) is 11.9 Å². The summed E-state index contributed by atoms with van der Waals surface area (Å²) in [5, 5.41) is 14.7. The van der Waals surface area contributed by atoms with E-state index in [0.29, 0.717) is 23.6 Å². The van der Waals surface area contributed by atoms with Crippen LogP contribution in [-0.2, 0) is 0 Å². The predicted octanol–water partition coefficient (Wildman–Crippen LogP) is 0.215. The lowest BCUT2D eigenvalue weighted by atomic mass is 10.3. The lowest BCUT2D eigenvalue weighted by Gasteiger charge is -2.05. The third-order valence-corrected chi connectivity index (χ3v) is 4.10. The molecular formula is C14H15N5O. The largest absolute Gasteiger partial charge is 0.347 e. The number of piperidine rings is 1. The van der Waals surface area contributed by atoms with Crippen LogP contribution in [-0.4, -0.2) is 40.0 Å². The van der Waals surface area contributed by atoms with Gasteiger partial charge in [-0.3, -0.25) is 4.79 Å². The van der Waals surface area contributed by atoms with Crippen LogP contribution in [0.15, 0.2) is 36.5 Å². The lowest BCUT2D eigenvalue weighted by molar-refractivity contribution is 0.0941. The van der Waals surface area contributed by atoms with Gasteiger partial charge in [-0.2, -0.15) is 9.90 Å². The Morgan fingerprint density at radius 2 is 2.00 bits per heavy atom. The number of hydrogen-bond donors (Lipinski definition) is 2. The van der Waals surface area contributed by atoms with Crippen molar-refractivity contribution in [1.82, 2.24) is 25.6 Å². The number of nitrogens with zero attached hydrogens (tertiary/aromatic N) is 3. The van der Waals surface area contributed by atoms with Gasteiger partial charge in [0, 0.05) is 19.1 Å². The minimum atomic E-state index is -0.133. The number of carbonyl (C=O) groups is 1. The molecule has 6 nitrogen and oxygen atoms in total. The Bertz CT molecular complexity index is 628. The smallest absolute Gasteiger partial charge is 0.273 e. The molecule has 4 rings (SSSR count). The number of para-hydroxylation sites is 1. The standard InChI is InChI=1S/C14H15N5O/c20-14(17-13-10-6-15-7-11(10)13)12-8-16-19(18-12)9-4-2-1-3-5-9/h1-5,8,10-11,13,15H,6-7H2,(H,17,20). The van der Waals surface area contributed by atoms with Crippen molar-refractivity contribution >= 4 is 5.91 Å². The molecule has 20 heavy (non-hydrogen) atoms. The summed E-state index contributed by atoms with van der Waals surface area (Å²) < 4.78 is 0. The molecule has 102 valence electrons. The fourth-order valence-corrected chi connectivity index (χ4v) is 2.91. The molecule has 2 aromatic rings. The number of aromatic nitrogens is 3. The van der Waals surface area contributed by atoms with Gasteiger partial charge < -0.3 is 10.6 Å². The molecule has 0 bridgehead atoms. The molecule has 2 N–H and O–H groups in total. The minimum Gasteiger partial charge on any atom is -0.347 e. The van der Waals surface area contributed by atoms with Crippen molar-refractivity contribution in [1.29, 1.82) is 0 Å². The van der Waals surface area contributed by atoms with Gasteiger partial charge in [-0.1, -0.05) is 18.2 Å². The average molecular weight is 269 g/mol. The second-order valence-corrected chi connectivity index (χ2v) is 5.34. The van der Waals surface area contributed by atoms with Crippen LogP contribution in [0.2, 0.25) is 0 Å². The Morgan fingerprint density at radius 1 is 1.25 bits per heavy atom. The highest BCUT2D eigenvalue weighted by Gasteiger charge is 2.53. The summed E-state index contributed by atoms with van der Waals surface area (Å²) >= 11 is 0.